The molecule has 0 saturated heterocycles. The first-order valence-electron chi connectivity index (χ1n) is 7.60. The lowest BCUT2D eigenvalue weighted by Gasteiger charge is -2.06. The van der Waals surface area contributed by atoms with Gasteiger partial charge in [0, 0.05) is 19.2 Å². The molecule has 1 amide bonds. The van der Waals surface area contributed by atoms with Gasteiger partial charge in [0.25, 0.3) is 12.3 Å². The number of rotatable bonds is 6. The molecule has 0 spiro atoms. The molecule has 1 N–H and O–H groups in total. The first-order valence-corrected chi connectivity index (χ1v) is 7.60. The number of halogens is 2. The highest BCUT2D eigenvalue weighted by Crippen LogP contribution is 2.21. The number of alkyl halides is 2. The van der Waals surface area contributed by atoms with Crippen molar-refractivity contribution < 1.29 is 13.6 Å². The van der Waals surface area contributed by atoms with Crippen LogP contribution >= 0.6 is 0 Å². The van der Waals surface area contributed by atoms with Crippen molar-refractivity contribution in [1.29, 1.82) is 0 Å². The van der Waals surface area contributed by atoms with Crippen LogP contribution in [0.5, 0.6) is 0 Å². The van der Waals surface area contributed by atoms with Crippen LogP contribution in [0.2, 0.25) is 0 Å². The monoisotopic (exact) mass is 346 g/mol. The van der Waals surface area contributed by atoms with Crippen molar-refractivity contribution in [3.05, 3.63) is 54.0 Å². The quantitative estimate of drug-likeness (QED) is 0.741. The summed E-state index contributed by atoms with van der Waals surface area (Å²) < 4.78 is 28.5. The third-order valence-corrected chi connectivity index (χ3v) is 3.67. The molecule has 1 aromatic carbocycles. The molecule has 0 unspecified atom stereocenters. The molecule has 7 nitrogen and oxygen atoms in total. The molecule has 2 heterocycles. The van der Waals surface area contributed by atoms with E-state index in [2.05, 4.69) is 20.7 Å². The predicted octanol–water partition coefficient (Wildman–Crippen LogP) is 2.05. The Balaban J connectivity index is 1.59. The summed E-state index contributed by atoms with van der Waals surface area (Å²) in [5.74, 6) is -0.591. The van der Waals surface area contributed by atoms with Gasteiger partial charge in [-0.15, -0.1) is 5.10 Å². The van der Waals surface area contributed by atoms with Crippen molar-refractivity contribution in [1.82, 2.24) is 30.1 Å². The van der Waals surface area contributed by atoms with Crippen LogP contribution in [0, 0.1) is 0 Å². The molecule has 9 heteroatoms. The SMILES string of the molecule is Cn1ncc(C(=O)NCCn2cc(-c3ccccc3)nn2)c1C(F)F. The van der Waals surface area contributed by atoms with Crippen molar-refractivity contribution in [3.63, 3.8) is 0 Å². The number of carbonyl (C=O) groups is 1. The van der Waals surface area contributed by atoms with Crippen LogP contribution in [-0.4, -0.2) is 37.2 Å². The van der Waals surface area contributed by atoms with Crippen molar-refractivity contribution in [2.75, 3.05) is 6.54 Å². The Kier molecular flexibility index (Phi) is 4.82. The molecule has 130 valence electrons. The predicted molar refractivity (Wildman–Crippen MR) is 86.0 cm³/mol. The molecule has 0 radical (unpaired) electrons. The van der Waals surface area contributed by atoms with Gasteiger partial charge in [-0.2, -0.15) is 5.10 Å². The second-order valence-corrected chi connectivity index (χ2v) is 5.36. The van der Waals surface area contributed by atoms with E-state index in [1.165, 1.54) is 7.05 Å². The number of amides is 1. The maximum Gasteiger partial charge on any atom is 0.280 e. The van der Waals surface area contributed by atoms with Crippen LogP contribution in [0.4, 0.5) is 8.78 Å². The highest BCUT2D eigenvalue weighted by Gasteiger charge is 2.22. The Morgan fingerprint density at radius 3 is 2.76 bits per heavy atom. The van der Waals surface area contributed by atoms with Crippen LogP contribution in [0.25, 0.3) is 11.3 Å². The third-order valence-electron chi connectivity index (χ3n) is 3.67. The average Bonchev–Trinajstić information content (AvgIpc) is 3.22. The minimum atomic E-state index is -2.77. The fourth-order valence-electron chi connectivity index (χ4n) is 2.41. The molecule has 0 aliphatic heterocycles. The van der Waals surface area contributed by atoms with Gasteiger partial charge in [0.2, 0.25) is 0 Å². The zero-order valence-corrected chi connectivity index (χ0v) is 13.4. The van der Waals surface area contributed by atoms with E-state index >= 15 is 0 Å². The normalized spacial score (nSPS) is 11.0. The van der Waals surface area contributed by atoms with E-state index in [0.717, 1.165) is 22.1 Å². The van der Waals surface area contributed by atoms with Crippen LogP contribution in [-0.2, 0) is 13.6 Å². The lowest BCUT2D eigenvalue weighted by Crippen LogP contribution is -2.28. The molecule has 0 bridgehead atoms. The van der Waals surface area contributed by atoms with E-state index in [-0.39, 0.29) is 12.1 Å². The molecule has 0 aliphatic carbocycles. The number of aryl methyl sites for hydroxylation is 1. The summed E-state index contributed by atoms with van der Waals surface area (Å²) >= 11 is 0. The zero-order valence-electron chi connectivity index (χ0n) is 13.4. The van der Waals surface area contributed by atoms with Gasteiger partial charge in [-0.25, -0.2) is 8.78 Å². The molecule has 0 atom stereocenters. The summed E-state index contributed by atoms with van der Waals surface area (Å²) in [7, 11) is 1.37. The zero-order chi connectivity index (χ0) is 17.8. The standard InChI is InChI=1S/C16H16F2N6O/c1-23-14(15(17)18)12(9-20-23)16(25)19-7-8-24-10-13(21-22-24)11-5-3-2-4-6-11/h2-6,9-10,15H,7-8H2,1H3,(H,19,25). The number of hydrogen-bond acceptors (Lipinski definition) is 4. The second-order valence-electron chi connectivity index (χ2n) is 5.36. The average molecular weight is 346 g/mol. The van der Waals surface area contributed by atoms with E-state index in [0.29, 0.717) is 6.54 Å². The smallest absolute Gasteiger partial charge is 0.280 e. The Morgan fingerprint density at radius 1 is 1.28 bits per heavy atom. The van der Waals surface area contributed by atoms with Crippen molar-refractivity contribution >= 4 is 5.91 Å². The van der Waals surface area contributed by atoms with Gasteiger partial charge in [0.15, 0.2) is 0 Å². The van der Waals surface area contributed by atoms with E-state index < -0.39 is 18.0 Å². The minimum absolute atomic E-state index is 0.124. The first kappa shape index (κ1) is 16.7. The van der Waals surface area contributed by atoms with Gasteiger partial charge < -0.3 is 5.32 Å². The number of nitrogens with zero attached hydrogens (tertiary/aromatic N) is 5. The largest absolute Gasteiger partial charge is 0.350 e. The third kappa shape index (κ3) is 3.70. The Labute approximate surface area is 142 Å². The van der Waals surface area contributed by atoms with Crippen LogP contribution in [0.3, 0.4) is 0 Å². The summed E-state index contributed by atoms with van der Waals surface area (Å²) in [5.41, 5.74) is 1.14. The van der Waals surface area contributed by atoms with Crippen LogP contribution < -0.4 is 5.32 Å². The lowest BCUT2D eigenvalue weighted by molar-refractivity contribution is 0.0934. The molecular weight excluding hydrogens is 330 g/mol. The van der Waals surface area contributed by atoms with Crippen LogP contribution in [0.1, 0.15) is 22.5 Å². The molecule has 25 heavy (non-hydrogen) atoms. The first-order chi connectivity index (χ1) is 12.1. The number of benzene rings is 1. The van der Waals surface area contributed by atoms with Crippen LogP contribution in [0.15, 0.2) is 42.7 Å². The van der Waals surface area contributed by atoms with Gasteiger partial charge in [-0.05, 0) is 0 Å². The minimum Gasteiger partial charge on any atom is -0.350 e. The number of nitrogens with one attached hydrogen (secondary N) is 1. The second kappa shape index (κ2) is 7.20. The van der Waals surface area contributed by atoms with E-state index in [1.54, 1.807) is 10.9 Å². The lowest BCUT2D eigenvalue weighted by atomic mass is 10.2. The molecule has 0 saturated carbocycles. The Morgan fingerprint density at radius 2 is 2.04 bits per heavy atom. The maximum atomic E-state index is 13.0. The molecule has 3 aromatic rings. The summed E-state index contributed by atoms with van der Waals surface area (Å²) in [6.45, 7) is 0.601. The number of aromatic nitrogens is 5. The highest BCUT2D eigenvalue weighted by molar-refractivity contribution is 5.95. The van der Waals surface area contributed by atoms with E-state index in [9.17, 15) is 13.6 Å². The van der Waals surface area contributed by atoms with Gasteiger partial charge >= 0.3 is 0 Å². The number of carbonyl (C=O) groups excluding carboxylic acids is 1. The molecule has 0 aliphatic rings. The summed E-state index contributed by atoms with van der Waals surface area (Å²) in [4.78, 5) is 12.1. The fourth-order valence-corrected chi connectivity index (χ4v) is 2.41. The maximum absolute atomic E-state index is 13.0. The van der Waals surface area contributed by atoms with Crippen molar-refractivity contribution in [3.8, 4) is 11.3 Å². The summed E-state index contributed by atoms with van der Waals surface area (Å²) in [6.07, 6.45) is 0.132. The van der Waals surface area contributed by atoms with Gasteiger partial charge in [-0.3, -0.25) is 14.2 Å². The summed E-state index contributed by atoms with van der Waals surface area (Å²) in [5, 5.41) is 14.4. The fraction of sp³-hybridized carbons (Fsp3) is 0.250. The molecule has 3 rings (SSSR count). The van der Waals surface area contributed by atoms with Crippen molar-refractivity contribution in [2.24, 2.45) is 7.05 Å². The molecular formula is C16H16F2N6O. The Bertz CT molecular complexity index is 859. The number of hydrogen-bond donors (Lipinski definition) is 1. The molecule has 2 aromatic heterocycles. The highest BCUT2D eigenvalue weighted by atomic mass is 19.3. The van der Waals surface area contributed by atoms with E-state index in [4.69, 9.17) is 0 Å². The van der Waals surface area contributed by atoms with Crippen molar-refractivity contribution in [2.45, 2.75) is 13.0 Å². The van der Waals surface area contributed by atoms with Gasteiger partial charge in [-0.1, -0.05) is 35.5 Å². The topological polar surface area (TPSA) is 77.6 Å². The van der Waals surface area contributed by atoms with Gasteiger partial charge in [0.05, 0.1) is 24.5 Å². The molecule has 0 fully saturated rings. The summed E-state index contributed by atoms with van der Waals surface area (Å²) in [6, 6.07) is 9.57. The van der Waals surface area contributed by atoms with E-state index in [1.807, 2.05) is 30.3 Å². The van der Waals surface area contributed by atoms with Gasteiger partial charge in [0.1, 0.15) is 11.4 Å². The Hall–Kier alpha value is -3.10.